The van der Waals surface area contributed by atoms with Crippen LogP contribution in [-0.4, -0.2) is 35.2 Å². The quantitative estimate of drug-likeness (QED) is 0.660. The molecule has 0 amide bonds. The van der Waals surface area contributed by atoms with Crippen LogP contribution in [0.2, 0.25) is 0 Å². The molecule has 0 aromatic heterocycles. The van der Waals surface area contributed by atoms with Crippen LogP contribution in [0.4, 0.5) is 0 Å². The fourth-order valence-corrected chi connectivity index (χ4v) is 3.13. The van der Waals surface area contributed by atoms with E-state index in [1.54, 1.807) is 0 Å². The highest BCUT2D eigenvalue weighted by Crippen LogP contribution is 2.53. The second-order valence-electron chi connectivity index (χ2n) is 5.34. The molecule has 3 aliphatic rings. The Labute approximate surface area is 79.9 Å². The van der Waals surface area contributed by atoms with Crippen LogP contribution in [-0.2, 0) is 0 Å². The molecule has 3 rings (SSSR count). The molecule has 2 heteroatoms. The van der Waals surface area contributed by atoms with Gasteiger partial charge in [-0.15, -0.1) is 0 Å². The van der Waals surface area contributed by atoms with E-state index in [2.05, 4.69) is 4.90 Å². The van der Waals surface area contributed by atoms with Crippen molar-refractivity contribution in [1.29, 1.82) is 0 Å². The smallest absolute Gasteiger partial charge is 0.0555 e. The summed E-state index contributed by atoms with van der Waals surface area (Å²) in [7, 11) is 0. The Morgan fingerprint density at radius 3 is 2.54 bits per heavy atom. The van der Waals surface area contributed by atoms with Gasteiger partial charge in [-0.1, -0.05) is 0 Å². The topological polar surface area (TPSA) is 23.5 Å². The van der Waals surface area contributed by atoms with Crippen molar-refractivity contribution >= 4 is 0 Å². The summed E-state index contributed by atoms with van der Waals surface area (Å²) in [5, 5.41) is 9.48. The summed E-state index contributed by atoms with van der Waals surface area (Å²) in [5.41, 5.74) is 0.757. The van der Waals surface area contributed by atoms with Crippen LogP contribution >= 0.6 is 0 Å². The van der Waals surface area contributed by atoms with E-state index >= 15 is 0 Å². The van der Waals surface area contributed by atoms with E-state index in [1.807, 2.05) is 0 Å². The van der Waals surface area contributed by atoms with Crippen molar-refractivity contribution in [1.82, 2.24) is 4.90 Å². The van der Waals surface area contributed by atoms with Crippen molar-refractivity contribution in [3.05, 3.63) is 0 Å². The highest BCUT2D eigenvalue weighted by molar-refractivity contribution is 5.02. The predicted molar refractivity (Wildman–Crippen MR) is 51.5 cm³/mol. The zero-order chi connectivity index (χ0) is 8.89. The Bertz CT molecular complexity index is 212. The van der Waals surface area contributed by atoms with E-state index < -0.39 is 0 Å². The number of hydrogen-bond acceptors (Lipinski definition) is 2. The van der Waals surface area contributed by atoms with E-state index in [4.69, 9.17) is 0 Å². The molecular weight excluding hydrogens is 162 g/mol. The summed E-state index contributed by atoms with van der Waals surface area (Å²) >= 11 is 0. The van der Waals surface area contributed by atoms with Crippen LogP contribution in [0.3, 0.4) is 0 Å². The van der Waals surface area contributed by atoms with Crippen molar-refractivity contribution < 1.29 is 5.11 Å². The van der Waals surface area contributed by atoms with E-state index in [0.717, 1.165) is 24.3 Å². The fraction of sp³-hybridized carbons (Fsp3) is 1.00. The van der Waals surface area contributed by atoms with Gasteiger partial charge in [0.15, 0.2) is 0 Å². The van der Waals surface area contributed by atoms with E-state index in [1.165, 1.54) is 38.8 Å². The largest absolute Gasteiger partial charge is 0.393 e. The maximum atomic E-state index is 9.48. The minimum Gasteiger partial charge on any atom is -0.393 e. The van der Waals surface area contributed by atoms with Crippen LogP contribution < -0.4 is 0 Å². The Hall–Kier alpha value is -0.0800. The lowest BCUT2D eigenvalue weighted by molar-refractivity contribution is 0.160. The first-order valence-corrected chi connectivity index (χ1v) is 5.70. The van der Waals surface area contributed by atoms with Gasteiger partial charge < -0.3 is 5.11 Å². The summed E-state index contributed by atoms with van der Waals surface area (Å²) in [6.07, 6.45) is 7.68. The molecule has 1 spiro atoms. The molecule has 1 heterocycles. The van der Waals surface area contributed by atoms with E-state index in [0.29, 0.717) is 0 Å². The average molecular weight is 181 g/mol. The number of aliphatic hydroxyl groups excluding tert-OH is 1. The van der Waals surface area contributed by atoms with Gasteiger partial charge in [-0.25, -0.2) is 0 Å². The van der Waals surface area contributed by atoms with Crippen molar-refractivity contribution in [3.8, 4) is 0 Å². The lowest BCUT2D eigenvalue weighted by Crippen LogP contribution is -2.31. The van der Waals surface area contributed by atoms with Gasteiger partial charge in [-0.3, -0.25) is 4.90 Å². The molecule has 0 radical (unpaired) electrons. The van der Waals surface area contributed by atoms with Gasteiger partial charge in [0, 0.05) is 12.6 Å². The monoisotopic (exact) mass is 181 g/mol. The molecule has 1 saturated heterocycles. The van der Waals surface area contributed by atoms with Gasteiger partial charge in [0.25, 0.3) is 0 Å². The summed E-state index contributed by atoms with van der Waals surface area (Å²) < 4.78 is 0. The zero-order valence-corrected chi connectivity index (χ0v) is 8.21. The molecule has 2 saturated carbocycles. The first-order valence-electron chi connectivity index (χ1n) is 5.70. The highest BCUT2D eigenvalue weighted by atomic mass is 16.3. The molecule has 3 fully saturated rings. The standard InChI is InChI=1S/C11H19NO/c13-10-2-1-9(7-10)12-6-5-11(8-12)3-4-11/h9-10,13H,1-8H2. The number of nitrogens with zero attached hydrogens (tertiary/aromatic N) is 1. The molecule has 74 valence electrons. The lowest BCUT2D eigenvalue weighted by Gasteiger charge is -2.23. The number of likely N-dealkylation sites (tertiary alicyclic amines) is 1. The van der Waals surface area contributed by atoms with Crippen LogP contribution in [0.25, 0.3) is 0 Å². The predicted octanol–water partition coefficient (Wildman–Crippen LogP) is 1.39. The first kappa shape index (κ1) is 8.25. The van der Waals surface area contributed by atoms with Crippen LogP contribution in [0.5, 0.6) is 0 Å². The summed E-state index contributed by atoms with van der Waals surface area (Å²) in [6.45, 7) is 2.64. The van der Waals surface area contributed by atoms with Crippen molar-refractivity contribution in [2.45, 2.75) is 50.7 Å². The molecule has 1 N–H and O–H groups in total. The third-order valence-corrected chi connectivity index (χ3v) is 4.32. The number of hydrogen-bond donors (Lipinski definition) is 1. The SMILES string of the molecule is OC1CCC(N2CCC3(CC3)C2)C1. The maximum Gasteiger partial charge on any atom is 0.0555 e. The van der Waals surface area contributed by atoms with Crippen LogP contribution in [0.1, 0.15) is 38.5 Å². The Morgan fingerprint density at radius 1 is 1.15 bits per heavy atom. The van der Waals surface area contributed by atoms with Gasteiger partial charge in [0.05, 0.1) is 6.10 Å². The fourth-order valence-electron chi connectivity index (χ4n) is 3.13. The Kier molecular flexibility index (Phi) is 1.72. The third kappa shape index (κ3) is 1.40. The molecule has 2 unspecified atom stereocenters. The lowest BCUT2D eigenvalue weighted by atomic mass is 10.1. The average Bonchev–Trinajstić information content (AvgIpc) is 2.55. The molecule has 2 atom stereocenters. The Balaban J connectivity index is 1.61. The van der Waals surface area contributed by atoms with Crippen LogP contribution in [0.15, 0.2) is 0 Å². The van der Waals surface area contributed by atoms with Crippen molar-refractivity contribution in [2.75, 3.05) is 13.1 Å². The molecule has 0 bridgehead atoms. The summed E-state index contributed by atoms with van der Waals surface area (Å²) in [4.78, 5) is 2.64. The molecular formula is C11H19NO. The van der Waals surface area contributed by atoms with E-state index in [9.17, 15) is 5.11 Å². The van der Waals surface area contributed by atoms with Gasteiger partial charge in [0.2, 0.25) is 0 Å². The van der Waals surface area contributed by atoms with Gasteiger partial charge in [0.1, 0.15) is 0 Å². The molecule has 2 aliphatic carbocycles. The molecule has 2 nitrogen and oxygen atoms in total. The summed E-state index contributed by atoms with van der Waals surface area (Å²) in [6, 6.07) is 0.718. The zero-order valence-electron chi connectivity index (χ0n) is 8.21. The molecule has 13 heavy (non-hydrogen) atoms. The molecule has 0 aromatic rings. The minimum atomic E-state index is 0.000697. The van der Waals surface area contributed by atoms with Crippen molar-refractivity contribution in [3.63, 3.8) is 0 Å². The second-order valence-corrected chi connectivity index (χ2v) is 5.34. The van der Waals surface area contributed by atoms with Gasteiger partial charge in [-0.05, 0) is 50.5 Å². The second kappa shape index (κ2) is 2.71. The van der Waals surface area contributed by atoms with Gasteiger partial charge in [-0.2, -0.15) is 0 Å². The molecule has 0 aromatic carbocycles. The third-order valence-electron chi connectivity index (χ3n) is 4.32. The number of aliphatic hydroxyl groups is 1. The van der Waals surface area contributed by atoms with Crippen LogP contribution in [0, 0.1) is 5.41 Å². The van der Waals surface area contributed by atoms with Crippen molar-refractivity contribution in [2.24, 2.45) is 5.41 Å². The normalized spacial score (nSPS) is 43.2. The number of rotatable bonds is 1. The first-order chi connectivity index (χ1) is 6.27. The Morgan fingerprint density at radius 2 is 2.00 bits per heavy atom. The minimum absolute atomic E-state index is 0.000697. The maximum absolute atomic E-state index is 9.48. The van der Waals surface area contributed by atoms with E-state index in [-0.39, 0.29) is 6.10 Å². The summed E-state index contributed by atoms with van der Waals surface area (Å²) in [5.74, 6) is 0. The highest BCUT2D eigenvalue weighted by Gasteiger charge is 2.49. The molecule has 1 aliphatic heterocycles. The van der Waals surface area contributed by atoms with Gasteiger partial charge >= 0.3 is 0 Å².